The summed E-state index contributed by atoms with van der Waals surface area (Å²) in [5.41, 5.74) is 4.23. The Morgan fingerprint density at radius 1 is 0.971 bits per heavy atom. The van der Waals surface area contributed by atoms with Crippen molar-refractivity contribution in [2.45, 2.75) is 18.2 Å². The van der Waals surface area contributed by atoms with Crippen LogP contribution in [0.3, 0.4) is 0 Å². The first kappa shape index (κ1) is 26.5. The summed E-state index contributed by atoms with van der Waals surface area (Å²) in [7, 11) is -0.893. The van der Waals surface area contributed by atoms with Gasteiger partial charge in [0.1, 0.15) is 6.54 Å². The number of hydrogen-bond donors (Lipinski definition) is 1. The lowest BCUT2D eigenvalue weighted by atomic mass is 10.1. The number of nitrogens with one attached hydrogen (secondary N) is 1. The van der Waals surface area contributed by atoms with Crippen molar-refractivity contribution in [1.29, 1.82) is 0 Å². The van der Waals surface area contributed by atoms with Crippen LogP contribution in [0.1, 0.15) is 18.9 Å². The van der Waals surface area contributed by atoms with E-state index in [0.717, 1.165) is 13.4 Å². The Labute approximate surface area is 219 Å². The van der Waals surface area contributed by atoms with Crippen molar-refractivity contribution in [2.75, 3.05) is 25.1 Å². The zero-order valence-corrected chi connectivity index (χ0v) is 22.5. The highest BCUT2D eigenvalue weighted by atomic mass is 127. The van der Waals surface area contributed by atoms with Crippen LogP contribution in [-0.4, -0.2) is 40.8 Å². The van der Waals surface area contributed by atoms with Gasteiger partial charge >= 0.3 is 0 Å². The van der Waals surface area contributed by atoms with Crippen molar-refractivity contribution in [2.24, 2.45) is 5.10 Å². The topological polar surface area (TPSA) is 97.3 Å². The van der Waals surface area contributed by atoms with Crippen LogP contribution in [0.2, 0.25) is 0 Å². The maximum Gasteiger partial charge on any atom is 0.264 e. The number of methoxy groups -OCH3 is 2. The summed E-state index contributed by atoms with van der Waals surface area (Å²) in [6.07, 6.45) is 0.527. The van der Waals surface area contributed by atoms with Crippen molar-refractivity contribution < 1.29 is 22.7 Å². The van der Waals surface area contributed by atoms with Gasteiger partial charge in [-0.1, -0.05) is 25.1 Å². The minimum absolute atomic E-state index is 0.0921. The van der Waals surface area contributed by atoms with Gasteiger partial charge in [-0.2, -0.15) is 5.10 Å². The standard InChI is InChI=1S/C25H26IN3O5S/c1-4-22(18-10-15-23(33-2)24(16-18)34-3)27-28-25(30)17-29(20-13-11-19(26)12-14-20)35(31,32)21-8-6-5-7-9-21/h5-16H,4,17H2,1-3H3,(H,28,30)/b27-22-. The molecule has 0 saturated carbocycles. The van der Waals surface area contributed by atoms with Gasteiger partial charge in [0.05, 0.1) is 30.5 Å². The fourth-order valence-electron chi connectivity index (χ4n) is 3.30. The smallest absolute Gasteiger partial charge is 0.264 e. The zero-order chi connectivity index (χ0) is 25.4. The summed E-state index contributed by atoms with van der Waals surface area (Å²) < 4.78 is 39.4. The maximum atomic E-state index is 13.4. The molecule has 184 valence electrons. The van der Waals surface area contributed by atoms with Gasteiger partial charge in [0, 0.05) is 9.13 Å². The van der Waals surface area contributed by atoms with Crippen LogP contribution < -0.4 is 19.2 Å². The Morgan fingerprint density at radius 2 is 1.63 bits per heavy atom. The Bertz CT molecular complexity index is 1300. The molecule has 8 nitrogen and oxygen atoms in total. The summed E-state index contributed by atoms with van der Waals surface area (Å²) in [6, 6.07) is 20.2. The fraction of sp³-hybridized carbons (Fsp3) is 0.200. The molecule has 0 unspecified atom stereocenters. The number of nitrogens with zero attached hydrogens (tertiary/aromatic N) is 2. The van der Waals surface area contributed by atoms with Crippen LogP contribution in [-0.2, 0) is 14.8 Å². The minimum atomic E-state index is -3.98. The average molecular weight is 607 g/mol. The zero-order valence-electron chi connectivity index (χ0n) is 19.6. The lowest BCUT2D eigenvalue weighted by molar-refractivity contribution is -0.119. The van der Waals surface area contributed by atoms with Gasteiger partial charge in [-0.15, -0.1) is 0 Å². The molecule has 0 radical (unpaired) electrons. The molecule has 0 aliphatic carbocycles. The van der Waals surface area contributed by atoms with E-state index in [-0.39, 0.29) is 4.90 Å². The number of benzene rings is 3. The molecule has 1 N–H and O–H groups in total. The lowest BCUT2D eigenvalue weighted by Crippen LogP contribution is -2.39. The van der Waals surface area contributed by atoms with Crippen LogP contribution in [0.25, 0.3) is 0 Å². The number of hydrogen-bond acceptors (Lipinski definition) is 6. The summed E-state index contributed by atoms with van der Waals surface area (Å²) in [5, 5.41) is 4.26. The quantitative estimate of drug-likeness (QED) is 0.209. The fourth-order valence-corrected chi connectivity index (χ4v) is 5.10. The van der Waals surface area contributed by atoms with Crippen LogP contribution in [0.5, 0.6) is 11.5 Å². The minimum Gasteiger partial charge on any atom is -0.493 e. The number of hydrazone groups is 1. The van der Waals surface area contributed by atoms with Gasteiger partial charge in [-0.05, 0) is 83.6 Å². The molecule has 0 aliphatic heterocycles. The molecule has 0 heterocycles. The molecule has 3 aromatic carbocycles. The third-order valence-electron chi connectivity index (χ3n) is 5.10. The second kappa shape index (κ2) is 12.0. The highest BCUT2D eigenvalue weighted by Crippen LogP contribution is 2.28. The Morgan fingerprint density at radius 3 is 2.23 bits per heavy atom. The molecular formula is C25H26IN3O5S. The van der Waals surface area contributed by atoms with Crippen molar-refractivity contribution >= 4 is 49.9 Å². The number of carbonyl (C=O) groups is 1. The summed E-state index contributed by atoms with van der Waals surface area (Å²) in [4.78, 5) is 13.0. The molecule has 0 aliphatic rings. The van der Waals surface area contributed by atoms with Crippen molar-refractivity contribution in [3.8, 4) is 11.5 Å². The molecule has 3 rings (SSSR count). The molecule has 10 heteroatoms. The number of anilines is 1. The molecule has 0 bridgehead atoms. The molecule has 0 saturated heterocycles. The SMILES string of the molecule is CC/C(=N/NC(=O)CN(c1ccc(I)cc1)S(=O)(=O)c1ccccc1)c1ccc(OC)c(OC)c1. The van der Waals surface area contributed by atoms with Gasteiger partial charge in [0.2, 0.25) is 0 Å². The first-order valence-electron chi connectivity index (χ1n) is 10.7. The summed E-state index contributed by atoms with van der Waals surface area (Å²) in [5.74, 6) is 0.542. The number of ether oxygens (including phenoxy) is 2. The molecule has 0 aromatic heterocycles. The molecule has 0 fully saturated rings. The van der Waals surface area contributed by atoms with E-state index in [4.69, 9.17) is 9.47 Å². The van der Waals surface area contributed by atoms with E-state index in [1.165, 1.54) is 12.1 Å². The second-order valence-corrected chi connectivity index (χ2v) is 10.4. The molecule has 35 heavy (non-hydrogen) atoms. The van der Waals surface area contributed by atoms with Crippen molar-refractivity contribution in [1.82, 2.24) is 5.43 Å². The lowest BCUT2D eigenvalue weighted by Gasteiger charge is -2.23. The van der Waals surface area contributed by atoms with E-state index in [2.05, 4.69) is 33.1 Å². The van der Waals surface area contributed by atoms with Crippen molar-refractivity contribution in [3.05, 3.63) is 81.9 Å². The van der Waals surface area contributed by atoms with Gasteiger partial charge in [-0.25, -0.2) is 13.8 Å². The van der Waals surface area contributed by atoms with E-state index in [9.17, 15) is 13.2 Å². The van der Waals surface area contributed by atoms with E-state index >= 15 is 0 Å². The highest BCUT2D eigenvalue weighted by Gasteiger charge is 2.27. The van der Waals surface area contributed by atoms with Gasteiger partial charge in [0.25, 0.3) is 15.9 Å². The van der Waals surface area contributed by atoms with E-state index in [1.54, 1.807) is 68.8 Å². The van der Waals surface area contributed by atoms with Gasteiger partial charge < -0.3 is 9.47 Å². The largest absolute Gasteiger partial charge is 0.493 e. The predicted octanol–water partition coefficient (Wildman–Crippen LogP) is 4.43. The highest BCUT2D eigenvalue weighted by molar-refractivity contribution is 14.1. The molecule has 3 aromatic rings. The molecular weight excluding hydrogens is 581 g/mol. The van der Waals surface area contributed by atoms with E-state index in [0.29, 0.717) is 29.3 Å². The summed E-state index contributed by atoms with van der Waals surface area (Å²) >= 11 is 2.14. The third-order valence-corrected chi connectivity index (χ3v) is 7.61. The number of amides is 1. The third kappa shape index (κ3) is 6.51. The monoisotopic (exact) mass is 607 g/mol. The molecule has 0 atom stereocenters. The predicted molar refractivity (Wildman–Crippen MR) is 145 cm³/mol. The van der Waals surface area contributed by atoms with Crippen LogP contribution in [0, 0.1) is 3.57 Å². The van der Waals surface area contributed by atoms with Crippen LogP contribution >= 0.6 is 22.6 Å². The number of halogens is 1. The summed E-state index contributed by atoms with van der Waals surface area (Å²) in [6.45, 7) is 1.46. The number of carbonyl (C=O) groups excluding carboxylic acids is 1. The van der Waals surface area contributed by atoms with Crippen LogP contribution in [0.4, 0.5) is 5.69 Å². The maximum absolute atomic E-state index is 13.4. The number of rotatable bonds is 10. The number of sulfonamides is 1. The Balaban J connectivity index is 1.87. The normalized spacial score (nSPS) is 11.6. The molecule has 1 amide bonds. The van der Waals surface area contributed by atoms with E-state index < -0.39 is 22.5 Å². The average Bonchev–Trinajstić information content (AvgIpc) is 2.88. The van der Waals surface area contributed by atoms with E-state index in [1.807, 2.05) is 13.0 Å². The van der Waals surface area contributed by atoms with Gasteiger partial charge in [-0.3, -0.25) is 9.10 Å². The first-order chi connectivity index (χ1) is 16.8. The Kier molecular flexibility index (Phi) is 9.10. The first-order valence-corrected chi connectivity index (χ1v) is 13.2. The van der Waals surface area contributed by atoms with Crippen LogP contribution in [0.15, 0.2) is 82.8 Å². The second-order valence-electron chi connectivity index (χ2n) is 7.32. The van der Waals surface area contributed by atoms with Crippen molar-refractivity contribution in [3.63, 3.8) is 0 Å². The van der Waals surface area contributed by atoms with Gasteiger partial charge in [0.15, 0.2) is 11.5 Å². The molecule has 0 spiro atoms. The Hall–Kier alpha value is -3.12.